The van der Waals surface area contributed by atoms with Gasteiger partial charge in [0.2, 0.25) is 12.0 Å². The molecule has 4 rings (SSSR count). The minimum atomic E-state index is -1.16. The Bertz CT molecular complexity index is 1190. The number of esters is 1. The van der Waals surface area contributed by atoms with Crippen LogP contribution in [0.4, 0.5) is 11.4 Å². The standard InChI is InChI=1S/C26H24N2O6/c1-32-20-9-5-8-19(15-20)27-26(31)25(17-6-3-2-4-7-17)34-24(30)16-33-21-11-12-22-18(14-21)10-13-23(29)28-22/h2-9,11-12,14-15,25H,10,13,16H2,1H3,(H,27,31)(H,28,29). The molecule has 34 heavy (non-hydrogen) atoms. The van der Waals surface area contributed by atoms with Crippen LogP contribution in [0.15, 0.2) is 72.8 Å². The fourth-order valence-electron chi connectivity index (χ4n) is 3.57. The zero-order valence-electron chi connectivity index (χ0n) is 18.6. The van der Waals surface area contributed by atoms with Crippen molar-refractivity contribution in [2.24, 2.45) is 0 Å². The Labute approximate surface area is 196 Å². The van der Waals surface area contributed by atoms with Crippen molar-refractivity contribution in [3.05, 3.63) is 83.9 Å². The van der Waals surface area contributed by atoms with E-state index in [9.17, 15) is 14.4 Å². The predicted molar refractivity (Wildman–Crippen MR) is 126 cm³/mol. The van der Waals surface area contributed by atoms with E-state index in [4.69, 9.17) is 14.2 Å². The highest BCUT2D eigenvalue weighted by Crippen LogP contribution is 2.27. The molecule has 1 aliphatic heterocycles. The summed E-state index contributed by atoms with van der Waals surface area (Å²) in [7, 11) is 1.54. The number of carbonyl (C=O) groups is 3. The van der Waals surface area contributed by atoms with Crippen LogP contribution in [0.5, 0.6) is 11.5 Å². The summed E-state index contributed by atoms with van der Waals surface area (Å²) >= 11 is 0. The fourth-order valence-corrected chi connectivity index (χ4v) is 3.57. The molecule has 1 aliphatic rings. The van der Waals surface area contributed by atoms with Gasteiger partial charge in [-0.1, -0.05) is 36.4 Å². The summed E-state index contributed by atoms with van der Waals surface area (Å²) in [6, 6.07) is 20.8. The molecule has 0 saturated carbocycles. The summed E-state index contributed by atoms with van der Waals surface area (Å²) in [4.78, 5) is 37.1. The van der Waals surface area contributed by atoms with Gasteiger partial charge in [-0.2, -0.15) is 0 Å². The molecule has 2 N–H and O–H groups in total. The summed E-state index contributed by atoms with van der Waals surface area (Å²) in [5, 5.41) is 5.56. The Balaban J connectivity index is 1.42. The van der Waals surface area contributed by atoms with Crippen LogP contribution in [0.25, 0.3) is 0 Å². The minimum Gasteiger partial charge on any atom is -0.497 e. The molecule has 0 bridgehead atoms. The molecule has 3 aromatic carbocycles. The van der Waals surface area contributed by atoms with E-state index >= 15 is 0 Å². The van der Waals surface area contributed by atoms with E-state index in [2.05, 4.69) is 10.6 Å². The van der Waals surface area contributed by atoms with Gasteiger partial charge in [-0.15, -0.1) is 0 Å². The number of anilines is 2. The summed E-state index contributed by atoms with van der Waals surface area (Å²) < 4.78 is 16.3. The van der Waals surface area contributed by atoms with Crippen LogP contribution in [0.3, 0.4) is 0 Å². The van der Waals surface area contributed by atoms with Gasteiger partial charge < -0.3 is 24.8 Å². The lowest BCUT2D eigenvalue weighted by Crippen LogP contribution is -2.28. The molecule has 8 nitrogen and oxygen atoms in total. The summed E-state index contributed by atoms with van der Waals surface area (Å²) in [6.07, 6.45) is -0.162. The number of hydrogen-bond acceptors (Lipinski definition) is 6. The van der Waals surface area contributed by atoms with Crippen LogP contribution in [-0.2, 0) is 25.5 Å². The third-order valence-electron chi connectivity index (χ3n) is 5.26. The minimum absolute atomic E-state index is 0.0241. The topological polar surface area (TPSA) is 103 Å². The van der Waals surface area contributed by atoms with Crippen molar-refractivity contribution in [3.8, 4) is 11.5 Å². The van der Waals surface area contributed by atoms with E-state index in [-0.39, 0.29) is 12.5 Å². The van der Waals surface area contributed by atoms with E-state index in [0.717, 1.165) is 11.3 Å². The van der Waals surface area contributed by atoms with E-state index in [1.54, 1.807) is 66.7 Å². The van der Waals surface area contributed by atoms with Crippen molar-refractivity contribution in [1.82, 2.24) is 0 Å². The van der Waals surface area contributed by atoms with Crippen molar-refractivity contribution >= 4 is 29.2 Å². The smallest absolute Gasteiger partial charge is 0.345 e. The number of methoxy groups -OCH3 is 1. The van der Waals surface area contributed by atoms with Gasteiger partial charge in [0.05, 0.1) is 7.11 Å². The van der Waals surface area contributed by atoms with Crippen LogP contribution in [0.2, 0.25) is 0 Å². The molecule has 2 amide bonds. The highest BCUT2D eigenvalue weighted by Gasteiger charge is 2.25. The van der Waals surface area contributed by atoms with Gasteiger partial charge in [0.15, 0.2) is 6.61 Å². The molecule has 0 spiro atoms. The maximum atomic E-state index is 13.0. The first-order chi connectivity index (χ1) is 16.5. The quantitative estimate of drug-likeness (QED) is 0.495. The Morgan fingerprint density at radius 2 is 1.79 bits per heavy atom. The Kier molecular flexibility index (Phi) is 7.07. The maximum absolute atomic E-state index is 13.0. The number of rotatable bonds is 8. The van der Waals surface area contributed by atoms with Crippen molar-refractivity contribution in [2.75, 3.05) is 24.4 Å². The molecule has 1 unspecified atom stereocenters. The average molecular weight is 460 g/mol. The summed E-state index contributed by atoms with van der Waals surface area (Å²) in [6.45, 7) is -0.374. The van der Waals surface area contributed by atoms with Crippen molar-refractivity contribution in [3.63, 3.8) is 0 Å². The number of hydrogen-bond donors (Lipinski definition) is 2. The largest absolute Gasteiger partial charge is 0.497 e. The second-order valence-corrected chi connectivity index (χ2v) is 7.66. The van der Waals surface area contributed by atoms with E-state index in [1.165, 1.54) is 7.11 Å². The van der Waals surface area contributed by atoms with Gasteiger partial charge in [0.1, 0.15) is 11.5 Å². The highest BCUT2D eigenvalue weighted by atomic mass is 16.6. The first kappa shape index (κ1) is 22.8. The zero-order chi connectivity index (χ0) is 23.9. The lowest BCUT2D eigenvalue weighted by atomic mass is 10.0. The summed E-state index contributed by atoms with van der Waals surface area (Å²) in [5.74, 6) is -0.157. The molecule has 0 saturated heterocycles. The SMILES string of the molecule is COc1cccc(NC(=O)C(OC(=O)COc2ccc3c(c2)CCC(=O)N3)c2ccccc2)c1. The second-order valence-electron chi connectivity index (χ2n) is 7.66. The molecule has 1 atom stereocenters. The predicted octanol–water partition coefficient (Wildman–Crippen LogP) is 3.88. The fraction of sp³-hybridized carbons (Fsp3) is 0.192. The number of ether oxygens (including phenoxy) is 3. The number of aryl methyl sites for hydroxylation is 1. The van der Waals surface area contributed by atoms with Gasteiger partial charge in [0, 0.05) is 29.4 Å². The molecule has 3 aromatic rings. The van der Waals surface area contributed by atoms with Gasteiger partial charge in [-0.25, -0.2) is 4.79 Å². The molecule has 0 aliphatic carbocycles. The third kappa shape index (κ3) is 5.72. The van der Waals surface area contributed by atoms with Crippen LogP contribution < -0.4 is 20.1 Å². The lowest BCUT2D eigenvalue weighted by Gasteiger charge is -2.19. The molecule has 0 radical (unpaired) electrons. The molecule has 0 fully saturated rings. The lowest BCUT2D eigenvalue weighted by molar-refractivity contribution is -0.156. The molecular formula is C26H24N2O6. The van der Waals surface area contributed by atoms with Crippen molar-refractivity contribution in [1.29, 1.82) is 0 Å². The number of amides is 2. The number of nitrogens with one attached hydrogen (secondary N) is 2. The molecule has 174 valence electrons. The molecule has 8 heteroatoms. The van der Waals surface area contributed by atoms with Gasteiger partial charge in [-0.3, -0.25) is 9.59 Å². The Hall–Kier alpha value is -4.33. The van der Waals surface area contributed by atoms with E-state index < -0.39 is 18.0 Å². The number of fused-ring (bicyclic) bond motifs is 1. The number of benzene rings is 3. The Morgan fingerprint density at radius 3 is 2.59 bits per heavy atom. The summed E-state index contributed by atoms with van der Waals surface area (Å²) in [5.41, 5.74) is 2.72. The van der Waals surface area contributed by atoms with Crippen molar-refractivity contribution in [2.45, 2.75) is 18.9 Å². The zero-order valence-corrected chi connectivity index (χ0v) is 18.6. The van der Waals surface area contributed by atoms with Crippen LogP contribution >= 0.6 is 0 Å². The third-order valence-corrected chi connectivity index (χ3v) is 5.26. The van der Waals surface area contributed by atoms with Crippen LogP contribution in [0, 0.1) is 0 Å². The highest BCUT2D eigenvalue weighted by molar-refractivity contribution is 5.96. The van der Waals surface area contributed by atoms with Crippen molar-refractivity contribution < 1.29 is 28.6 Å². The monoisotopic (exact) mass is 460 g/mol. The molecule has 0 aromatic heterocycles. The van der Waals surface area contributed by atoms with Crippen LogP contribution in [-0.4, -0.2) is 31.5 Å². The molecule has 1 heterocycles. The average Bonchev–Trinajstić information content (AvgIpc) is 2.86. The Morgan fingerprint density at radius 1 is 0.971 bits per heavy atom. The van der Waals surface area contributed by atoms with Gasteiger partial charge in [-0.05, 0) is 42.3 Å². The number of carbonyl (C=O) groups excluding carboxylic acids is 3. The first-order valence-electron chi connectivity index (χ1n) is 10.8. The first-order valence-corrected chi connectivity index (χ1v) is 10.8. The normalized spacial score (nSPS) is 13.1. The van der Waals surface area contributed by atoms with E-state index in [0.29, 0.717) is 35.6 Å². The second kappa shape index (κ2) is 10.5. The molecular weight excluding hydrogens is 436 g/mol. The van der Waals surface area contributed by atoms with Crippen LogP contribution in [0.1, 0.15) is 23.7 Å². The van der Waals surface area contributed by atoms with E-state index in [1.807, 2.05) is 6.07 Å². The maximum Gasteiger partial charge on any atom is 0.345 e. The van der Waals surface area contributed by atoms with Gasteiger partial charge in [0.25, 0.3) is 5.91 Å². The van der Waals surface area contributed by atoms with Gasteiger partial charge >= 0.3 is 5.97 Å².